The van der Waals surface area contributed by atoms with Crippen molar-refractivity contribution in [3.8, 4) is 0 Å². The van der Waals surface area contributed by atoms with E-state index in [0.717, 1.165) is 6.42 Å². The predicted octanol–water partition coefficient (Wildman–Crippen LogP) is 1.22. The van der Waals surface area contributed by atoms with Crippen molar-refractivity contribution in [2.45, 2.75) is 20.3 Å². The van der Waals surface area contributed by atoms with Crippen LogP contribution in [-0.2, 0) is 0 Å². The zero-order valence-corrected chi connectivity index (χ0v) is 7.99. The van der Waals surface area contributed by atoms with Crippen molar-refractivity contribution >= 4 is 10.2 Å². The van der Waals surface area contributed by atoms with Crippen LogP contribution in [0.3, 0.4) is 0 Å². The molecule has 0 aliphatic rings. The Morgan fingerprint density at radius 2 is 2.12 bits per heavy atom. The van der Waals surface area contributed by atoms with Crippen molar-refractivity contribution in [1.82, 2.24) is 0 Å². The average Bonchev–Trinajstić information content (AvgIpc) is 1.67. The lowest BCUT2D eigenvalue weighted by Crippen LogP contribution is -1.79. The molecule has 1 heteroatoms. The van der Waals surface area contributed by atoms with Gasteiger partial charge >= 0.3 is 0 Å². The minimum Gasteiger partial charge on any atom is -0.103 e. The standard InChI is InChI=1S/C7H14Si/c1-4-5-6(2)7(3)8/h4H,1,5H2,2-3,8H3. The Kier molecular flexibility index (Phi) is 3.53. The van der Waals surface area contributed by atoms with Crippen LogP contribution in [0.4, 0.5) is 0 Å². The van der Waals surface area contributed by atoms with Crippen LogP contribution in [0.15, 0.2) is 23.4 Å². The molecular formula is C7H14Si. The molecule has 0 bridgehead atoms. The molecule has 0 aromatic carbocycles. The van der Waals surface area contributed by atoms with Gasteiger partial charge in [-0.3, -0.25) is 0 Å². The monoisotopic (exact) mass is 126 g/mol. The van der Waals surface area contributed by atoms with E-state index in [1.54, 1.807) is 5.20 Å². The van der Waals surface area contributed by atoms with Gasteiger partial charge in [-0.15, -0.1) is 6.58 Å². The van der Waals surface area contributed by atoms with E-state index in [9.17, 15) is 0 Å². The summed E-state index contributed by atoms with van der Waals surface area (Å²) in [5.74, 6) is 0. The average molecular weight is 126 g/mol. The van der Waals surface area contributed by atoms with Crippen LogP contribution in [0.25, 0.3) is 0 Å². The minimum atomic E-state index is 1.06. The van der Waals surface area contributed by atoms with Gasteiger partial charge in [0.05, 0.1) is 0 Å². The highest BCUT2D eigenvalue weighted by molar-refractivity contribution is 6.21. The Bertz CT molecular complexity index is 108. The topological polar surface area (TPSA) is 0 Å². The first kappa shape index (κ1) is 7.70. The molecule has 0 saturated heterocycles. The van der Waals surface area contributed by atoms with E-state index in [1.807, 2.05) is 6.08 Å². The lowest BCUT2D eigenvalue weighted by Gasteiger charge is -1.96. The number of hydrogen-bond donors (Lipinski definition) is 0. The van der Waals surface area contributed by atoms with Crippen molar-refractivity contribution in [1.29, 1.82) is 0 Å². The smallest absolute Gasteiger partial charge is 0.0328 e. The molecule has 0 N–H and O–H groups in total. The Hall–Kier alpha value is -0.303. The third-order valence-electron chi connectivity index (χ3n) is 1.30. The van der Waals surface area contributed by atoms with Crippen molar-refractivity contribution < 1.29 is 0 Å². The van der Waals surface area contributed by atoms with E-state index in [0.29, 0.717) is 0 Å². The molecule has 0 spiro atoms. The predicted molar refractivity (Wildman–Crippen MR) is 43.1 cm³/mol. The summed E-state index contributed by atoms with van der Waals surface area (Å²) in [5.41, 5.74) is 1.49. The molecule has 0 aliphatic carbocycles. The summed E-state index contributed by atoms with van der Waals surface area (Å²) in [6, 6.07) is 0. The summed E-state index contributed by atoms with van der Waals surface area (Å²) in [5, 5.41) is 1.55. The Balaban J connectivity index is 3.79. The molecule has 0 unspecified atom stereocenters. The Morgan fingerprint density at radius 3 is 2.25 bits per heavy atom. The first-order chi connectivity index (χ1) is 3.68. The van der Waals surface area contributed by atoms with Crippen LogP contribution >= 0.6 is 0 Å². The quantitative estimate of drug-likeness (QED) is 0.385. The van der Waals surface area contributed by atoms with E-state index in [2.05, 4.69) is 20.4 Å². The van der Waals surface area contributed by atoms with Crippen LogP contribution in [-0.4, -0.2) is 10.2 Å². The lowest BCUT2D eigenvalue weighted by molar-refractivity contribution is 1.19. The van der Waals surface area contributed by atoms with Crippen molar-refractivity contribution in [3.05, 3.63) is 23.4 Å². The molecule has 0 radical (unpaired) electrons. The van der Waals surface area contributed by atoms with E-state index in [1.165, 1.54) is 15.8 Å². The first-order valence-corrected chi connectivity index (χ1v) is 3.92. The molecule has 0 nitrogen and oxygen atoms in total. The normalized spacial score (nSPS) is 13.2. The largest absolute Gasteiger partial charge is 0.103 e. The van der Waals surface area contributed by atoms with Crippen molar-refractivity contribution in [3.63, 3.8) is 0 Å². The maximum atomic E-state index is 3.66. The first-order valence-electron chi connectivity index (χ1n) is 2.92. The highest BCUT2D eigenvalue weighted by Crippen LogP contribution is 2.03. The molecule has 0 rings (SSSR count). The van der Waals surface area contributed by atoms with E-state index in [4.69, 9.17) is 0 Å². The van der Waals surface area contributed by atoms with Gasteiger partial charge in [0.2, 0.25) is 0 Å². The van der Waals surface area contributed by atoms with Crippen molar-refractivity contribution in [2.24, 2.45) is 0 Å². The molecule has 0 saturated carbocycles. The Morgan fingerprint density at radius 1 is 1.62 bits per heavy atom. The zero-order chi connectivity index (χ0) is 6.57. The summed E-state index contributed by atoms with van der Waals surface area (Å²) in [6.45, 7) is 8.02. The summed E-state index contributed by atoms with van der Waals surface area (Å²) in [7, 11) is 1.20. The second-order valence-electron chi connectivity index (χ2n) is 2.27. The maximum Gasteiger partial charge on any atom is 0.0328 e. The summed E-state index contributed by atoms with van der Waals surface area (Å²) in [4.78, 5) is 0. The fourth-order valence-electron chi connectivity index (χ4n) is 0.421. The summed E-state index contributed by atoms with van der Waals surface area (Å²) < 4.78 is 0. The number of allylic oxidation sites excluding steroid dienone is 3. The fourth-order valence-corrected chi connectivity index (χ4v) is 0.625. The zero-order valence-electron chi connectivity index (χ0n) is 5.99. The highest BCUT2D eigenvalue weighted by atomic mass is 28.1. The fraction of sp³-hybridized carbons (Fsp3) is 0.429. The number of rotatable bonds is 2. The molecule has 46 valence electrons. The molecular weight excluding hydrogens is 112 g/mol. The van der Waals surface area contributed by atoms with Crippen LogP contribution in [0.2, 0.25) is 0 Å². The summed E-state index contributed by atoms with van der Waals surface area (Å²) in [6.07, 6.45) is 3.02. The molecule has 0 aromatic heterocycles. The highest BCUT2D eigenvalue weighted by Gasteiger charge is 1.84. The van der Waals surface area contributed by atoms with Gasteiger partial charge in [-0.2, -0.15) is 0 Å². The minimum absolute atomic E-state index is 1.06. The van der Waals surface area contributed by atoms with Crippen LogP contribution in [0.5, 0.6) is 0 Å². The van der Waals surface area contributed by atoms with Gasteiger partial charge in [-0.05, 0) is 20.3 Å². The molecule has 0 aromatic rings. The van der Waals surface area contributed by atoms with Crippen LogP contribution in [0.1, 0.15) is 20.3 Å². The molecule has 0 atom stereocenters. The SMILES string of the molecule is C=CCC(C)=C(C)[SiH3]. The van der Waals surface area contributed by atoms with E-state index < -0.39 is 0 Å². The number of hydrogen-bond acceptors (Lipinski definition) is 0. The third-order valence-corrected chi connectivity index (χ3v) is 2.16. The van der Waals surface area contributed by atoms with Gasteiger partial charge in [0.25, 0.3) is 0 Å². The molecule has 0 fully saturated rings. The second kappa shape index (κ2) is 3.67. The van der Waals surface area contributed by atoms with Gasteiger partial charge in [0.15, 0.2) is 0 Å². The van der Waals surface area contributed by atoms with Crippen LogP contribution < -0.4 is 0 Å². The second-order valence-corrected chi connectivity index (χ2v) is 3.77. The molecule has 8 heavy (non-hydrogen) atoms. The lowest BCUT2D eigenvalue weighted by atomic mass is 10.2. The van der Waals surface area contributed by atoms with E-state index in [-0.39, 0.29) is 0 Å². The third kappa shape index (κ3) is 2.80. The Labute approximate surface area is 54.7 Å². The van der Waals surface area contributed by atoms with Crippen LogP contribution in [0, 0.1) is 0 Å². The van der Waals surface area contributed by atoms with Gasteiger partial charge in [-0.25, -0.2) is 0 Å². The van der Waals surface area contributed by atoms with Gasteiger partial charge in [0, 0.05) is 10.2 Å². The van der Waals surface area contributed by atoms with Crippen molar-refractivity contribution in [2.75, 3.05) is 0 Å². The maximum absolute atomic E-state index is 3.66. The van der Waals surface area contributed by atoms with Gasteiger partial charge in [0.1, 0.15) is 0 Å². The van der Waals surface area contributed by atoms with E-state index >= 15 is 0 Å². The summed E-state index contributed by atoms with van der Waals surface area (Å²) >= 11 is 0. The van der Waals surface area contributed by atoms with Gasteiger partial charge in [-0.1, -0.05) is 16.8 Å². The molecule has 0 heterocycles. The molecule has 0 amide bonds. The van der Waals surface area contributed by atoms with Gasteiger partial charge < -0.3 is 0 Å². The molecule has 0 aliphatic heterocycles.